The van der Waals surface area contributed by atoms with E-state index in [1.807, 2.05) is 24.3 Å². The van der Waals surface area contributed by atoms with Crippen LogP contribution in [-0.2, 0) is 4.74 Å². The molecule has 1 aliphatic heterocycles. The molecule has 1 aromatic carbocycles. The maximum Gasteiger partial charge on any atom is 0.343 e. The molecule has 5 nitrogen and oxygen atoms in total. The molecule has 2 aromatic rings. The number of hydrogen-bond acceptors (Lipinski definition) is 5. The Balaban J connectivity index is 1.70. The van der Waals surface area contributed by atoms with Crippen LogP contribution < -0.4 is 4.74 Å². The maximum absolute atomic E-state index is 12.1. The first-order valence-corrected chi connectivity index (χ1v) is 6.98. The van der Waals surface area contributed by atoms with Crippen LogP contribution in [0.15, 0.2) is 28.8 Å². The Hall–Kier alpha value is -2.30. The number of aryl methyl sites for hydroxylation is 2. The van der Waals surface area contributed by atoms with E-state index in [0.717, 1.165) is 17.7 Å². The Morgan fingerprint density at radius 2 is 2.19 bits per heavy atom. The average Bonchev–Trinajstić information content (AvgIpc) is 2.84. The lowest BCUT2D eigenvalue weighted by molar-refractivity contribution is 0.0456. The largest absolute Gasteiger partial charge is 0.493 e. The zero-order chi connectivity index (χ0) is 14.8. The molecule has 2 heterocycles. The lowest BCUT2D eigenvalue weighted by atomic mass is 9.94. The average molecular weight is 287 g/mol. The van der Waals surface area contributed by atoms with E-state index in [-0.39, 0.29) is 11.9 Å². The third kappa shape index (κ3) is 2.63. The highest BCUT2D eigenvalue weighted by molar-refractivity contribution is 5.91. The molecule has 0 unspecified atom stereocenters. The lowest BCUT2D eigenvalue weighted by Gasteiger charge is -2.25. The number of nitrogens with zero attached hydrogens (tertiary/aromatic N) is 1. The van der Waals surface area contributed by atoms with Crippen molar-refractivity contribution in [3.8, 4) is 5.75 Å². The van der Waals surface area contributed by atoms with Gasteiger partial charge in [0, 0.05) is 11.5 Å². The van der Waals surface area contributed by atoms with Gasteiger partial charge < -0.3 is 14.0 Å². The summed E-state index contributed by atoms with van der Waals surface area (Å²) in [7, 11) is 0. The Morgan fingerprint density at radius 3 is 2.95 bits per heavy atom. The Kier molecular flexibility index (Phi) is 3.64. The molecule has 0 radical (unpaired) electrons. The van der Waals surface area contributed by atoms with E-state index in [2.05, 4.69) is 5.16 Å². The molecular formula is C16H17NO4. The van der Waals surface area contributed by atoms with Crippen molar-refractivity contribution in [3.05, 3.63) is 46.8 Å². The molecule has 1 aromatic heterocycles. The van der Waals surface area contributed by atoms with Crippen LogP contribution in [-0.4, -0.2) is 24.3 Å². The summed E-state index contributed by atoms with van der Waals surface area (Å²) < 4.78 is 16.0. The smallest absolute Gasteiger partial charge is 0.343 e. The van der Waals surface area contributed by atoms with Crippen LogP contribution in [0.3, 0.4) is 0 Å². The third-order valence-electron chi connectivity index (χ3n) is 3.74. The van der Waals surface area contributed by atoms with Crippen LogP contribution in [0, 0.1) is 13.8 Å². The predicted molar refractivity (Wildman–Crippen MR) is 75.6 cm³/mol. The van der Waals surface area contributed by atoms with Crippen LogP contribution in [0.2, 0.25) is 0 Å². The van der Waals surface area contributed by atoms with Crippen LogP contribution in [0.1, 0.15) is 39.7 Å². The van der Waals surface area contributed by atoms with E-state index in [4.69, 9.17) is 14.0 Å². The molecule has 0 aliphatic carbocycles. The fraction of sp³-hybridized carbons (Fsp3) is 0.375. The zero-order valence-electron chi connectivity index (χ0n) is 12.1. The first kappa shape index (κ1) is 13.7. The fourth-order valence-electron chi connectivity index (χ4n) is 2.61. The van der Waals surface area contributed by atoms with Crippen LogP contribution >= 0.6 is 0 Å². The number of aromatic nitrogens is 1. The number of fused-ring (bicyclic) bond motifs is 1. The Bertz CT molecular complexity index is 643. The van der Waals surface area contributed by atoms with E-state index in [1.165, 1.54) is 0 Å². The van der Waals surface area contributed by atoms with Crippen molar-refractivity contribution in [2.75, 3.05) is 13.2 Å². The Labute approximate surface area is 122 Å². The summed E-state index contributed by atoms with van der Waals surface area (Å²) in [5.41, 5.74) is 2.08. The molecule has 0 saturated heterocycles. The molecule has 0 spiro atoms. The van der Waals surface area contributed by atoms with Gasteiger partial charge in [0.05, 0.1) is 18.9 Å². The third-order valence-corrected chi connectivity index (χ3v) is 3.74. The molecule has 1 atom stereocenters. The minimum absolute atomic E-state index is 0.166. The van der Waals surface area contributed by atoms with Gasteiger partial charge in [-0.25, -0.2) is 4.79 Å². The summed E-state index contributed by atoms with van der Waals surface area (Å²) >= 11 is 0. The van der Waals surface area contributed by atoms with E-state index in [0.29, 0.717) is 30.2 Å². The van der Waals surface area contributed by atoms with Gasteiger partial charge in [-0.05, 0) is 26.3 Å². The van der Waals surface area contributed by atoms with Gasteiger partial charge in [-0.1, -0.05) is 23.4 Å². The SMILES string of the molecule is Cc1noc(C)c1C(=O)OC[C@@H]1CCOc2ccccc21. The minimum Gasteiger partial charge on any atom is -0.493 e. The van der Waals surface area contributed by atoms with E-state index < -0.39 is 0 Å². The number of para-hydroxylation sites is 1. The summed E-state index contributed by atoms with van der Waals surface area (Å²) in [5.74, 6) is 1.15. The number of esters is 1. The monoisotopic (exact) mass is 287 g/mol. The van der Waals surface area contributed by atoms with Gasteiger partial charge in [-0.3, -0.25) is 0 Å². The summed E-state index contributed by atoms with van der Waals surface area (Å²) in [5, 5.41) is 3.77. The lowest BCUT2D eigenvalue weighted by Crippen LogP contribution is -2.20. The molecule has 0 fully saturated rings. The van der Waals surface area contributed by atoms with E-state index in [1.54, 1.807) is 13.8 Å². The van der Waals surface area contributed by atoms with Gasteiger partial charge >= 0.3 is 5.97 Å². The van der Waals surface area contributed by atoms with Crippen molar-refractivity contribution >= 4 is 5.97 Å². The van der Waals surface area contributed by atoms with Gasteiger partial charge in [-0.15, -0.1) is 0 Å². The molecule has 0 N–H and O–H groups in total. The number of ether oxygens (including phenoxy) is 2. The maximum atomic E-state index is 12.1. The highest BCUT2D eigenvalue weighted by atomic mass is 16.5. The van der Waals surface area contributed by atoms with E-state index >= 15 is 0 Å². The first-order valence-electron chi connectivity index (χ1n) is 6.98. The summed E-state index contributed by atoms with van der Waals surface area (Å²) in [6.45, 7) is 4.42. The summed E-state index contributed by atoms with van der Waals surface area (Å²) in [6.07, 6.45) is 0.839. The first-order chi connectivity index (χ1) is 10.2. The van der Waals surface area contributed by atoms with Crippen molar-refractivity contribution in [2.45, 2.75) is 26.2 Å². The molecule has 0 amide bonds. The van der Waals surface area contributed by atoms with Crippen LogP contribution in [0.5, 0.6) is 5.75 Å². The second-order valence-electron chi connectivity index (χ2n) is 5.17. The summed E-state index contributed by atoms with van der Waals surface area (Å²) in [4.78, 5) is 12.1. The molecule has 0 saturated carbocycles. The van der Waals surface area contributed by atoms with E-state index in [9.17, 15) is 4.79 Å². The summed E-state index contributed by atoms with van der Waals surface area (Å²) in [6, 6.07) is 7.87. The quantitative estimate of drug-likeness (QED) is 0.812. The minimum atomic E-state index is -0.379. The molecular weight excluding hydrogens is 270 g/mol. The van der Waals surface area contributed by atoms with Crippen molar-refractivity contribution in [2.24, 2.45) is 0 Å². The van der Waals surface area contributed by atoms with Gasteiger partial charge in [0.1, 0.15) is 17.1 Å². The molecule has 1 aliphatic rings. The van der Waals surface area contributed by atoms with Gasteiger partial charge in [0.25, 0.3) is 0 Å². The molecule has 3 rings (SSSR count). The van der Waals surface area contributed by atoms with Crippen LogP contribution in [0.4, 0.5) is 0 Å². The Morgan fingerprint density at radius 1 is 1.38 bits per heavy atom. The number of rotatable bonds is 3. The topological polar surface area (TPSA) is 61.6 Å². The molecule has 110 valence electrons. The van der Waals surface area contributed by atoms with Crippen molar-refractivity contribution in [3.63, 3.8) is 0 Å². The van der Waals surface area contributed by atoms with Gasteiger partial charge in [0.2, 0.25) is 0 Å². The normalized spacial score (nSPS) is 17.0. The fourth-order valence-corrected chi connectivity index (χ4v) is 2.61. The standard InChI is InChI=1S/C16H17NO4/c1-10-15(11(2)21-17-10)16(18)20-9-12-7-8-19-14-6-4-3-5-13(12)14/h3-6,12H,7-9H2,1-2H3/t12-/m0/s1. The van der Waals surface area contributed by atoms with Crippen LogP contribution in [0.25, 0.3) is 0 Å². The zero-order valence-corrected chi connectivity index (χ0v) is 12.1. The van der Waals surface area contributed by atoms with Crippen molar-refractivity contribution < 1.29 is 18.8 Å². The molecule has 0 bridgehead atoms. The molecule has 21 heavy (non-hydrogen) atoms. The van der Waals surface area contributed by atoms with Gasteiger partial charge in [-0.2, -0.15) is 0 Å². The number of carbonyl (C=O) groups excluding carboxylic acids is 1. The van der Waals surface area contributed by atoms with Crippen molar-refractivity contribution in [1.82, 2.24) is 5.16 Å². The highest BCUT2D eigenvalue weighted by Gasteiger charge is 2.24. The number of benzene rings is 1. The highest BCUT2D eigenvalue weighted by Crippen LogP contribution is 2.33. The predicted octanol–water partition coefficient (Wildman–Crippen LogP) is 3.01. The second kappa shape index (κ2) is 5.60. The number of carbonyl (C=O) groups is 1. The molecule has 5 heteroatoms. The van der Waals surface area contributed by atoms with Crippen molar-refractivity contribution in [1.29, 1.82) is 0 Å². The number of hydrogen-bond donors (Lipinski definition) is 0. The second-order valence-corrected chi connectivity index (χ2v) is 5.17. The van der Waals surface area contributed by atoms with Gasteiger partial charge in [0.15, 0.2) is 0 Å².